The number of carboxylic acid groups (broad SMARTS) is 1. The molecule has 1 N–H and O–H groups in total. The van der Waals surface area contributed by atoms with E-state index in [9.17, 15) is 9.59 Å². The molecular formula is C15H21NO4S. The molecule has 6 heteroatoms. The van der Waals surface area contributed by atoms with E-state index in [4.69, 9.17) is 9.84 Å². The quantitative estimate of drug-likeness (QED) is 0.710. The van der Waals surface area contributed by atoms with Gasteiger partial charge in [-0.05, 0) is 38.1 Å². The van der Waals surface area contributed by atoms with Gasteiger partial charge in [-0.15, -0.1) is 11.8 Å². The van der Waals surface area contributed by atoms with Crippen molar-refractivity contribution in [2.45, 2.75) is 25.2 Å². The fourth-order valence-corrected chi connectivity index (χ4v) is 2.53. The Hall–Kier alpha value is -1.69. The molecule has 1 aromatic rings. The Morgan fingerprint density at radius 2 is 1.90 bits per heavy atom. The van der Waals surface area contributed by atoms with Gasteiger partial charge in [-0.2, -0.15) is 0 Å². The van der Waals surface area contributed by atoms with Crippen molar-refractivity contribution in [3.8, 4) is 5.75 Å². The minimum absolute atomic E-state index is 0.0205. The van der Waals surface area contributed by atoms with Crippen LogP contribution in [0.3, 0.4) is 0 Å². The average molecular weight is 311 g/mol. The molecule has 0 aliphatic rings. The van der Waals surface area contributed by atoms with Crippen molar-refractivity contribution in [3.05, 3.63) is 24.3 Å². The number of carbonyl (C=O) groups excluding carboxylic acids is 1. The van der Waals surface area contributed by atoms with Crippen LogP contribution in [0.1, 0.15) is 20.3 Å². The Labute approximate surface area is 129 Å². The Bertz CT molecular complexity index is 461. The number of carboxylic acids is 1. The molecule has 0 fully saturated rings. The maximum absolute atomic E-state index is 12.0. The van der Waals surface area contributed by atoms with Crippen LogP contribution < -0.4 is 4.74 Å². The third kappa shape index (κ3) is 6.53. The molecule has 21 heavy (non-hydrogen) atoms. The highest BCUT2D eigenvalue weighted by atomic mass is 32.2. The topological polar surface area (TPSA) is 66.8 Å². The maximum Gasteiger partial charge on any atom is 0.305 e. The number of thioether (sulfide) groups is 1. The van der Waals surface area contributed by atoms with Crippen LogP contribution in [-0.2, 0) is 9.59 Å². The summed E-state index contributed by atoms with van der Waals surface area (Å²) in [5, 5.41) is 8.66. The normalized spacial score (nSPS) is 10.2. The smallest absolute Gasteiger partial charge is 0.305 e. The molecule has 5 nitrogen and oxygen atoms in total. The summed E-state index contributed by atoms with van der Waals surface area (Å²) in [5.74, 6) is 0.185. The fourth-order valence-electron chi connectivity index (χ4n) is 1.72. The predicted molar refractivity (Wildman–Crippen MR) is 82.8 cm³/mol. The summed E-state index contributed by atoms with van der Waals surface area (Å²) in [6.45, 7) is 5.18. The van der Waals surface area contributed by atoms with E-state index in [-0.39, 0.29) is 18.9 Å². The van der Waals surface area contributed by atoms with E-state index in [1.807, 2.05) is 38.1 Å². The highest BCUT2D eigenvalue weighted by Gasteiger charge is 2.13. The van der Waals surface area contributed by atoms with E-state index in [0.29, 0.717) is 18.9 Å². The number of hydrogen-bond donors (Lipinski definition) is 1. The molecule has 0 saturated carbocycles. The van der Waals surface area contributed by atoms with Gasteiger partial charge in [0.2, 0.25) is 5.91 Å². The summed E-state index contributed by atoms with van der Waals surface area (Å²) in [7, 11) is 0. The molecule has 0 aromatic heterocycles. The standard InChI is InChI=1S/C15H21NO4S/c1-3-16(10-9-15(18)19)14(17)11-21-13-7-5-12(6-8-13)20-4-2/h5-8H,3-4,9-11H2,1-2H3,(H,18,19). The van der Waals surface area contributed by atoms with Crippen LogP contribution in [0.2, 0.25) is 0 Å². The lowest BCUT2D eigenvalue weighted by molar-refractivity contribution is -0.138. The highest BCUT2D eigenvalue weighted by molar-refractivity contribution is 8.00. The van der Waals surface area contributed by atoms with Crippen LogP contribution in [0.25, 0.3) is 0 Å². The zero-order chi connectivity index (χ0) is 15.7. The predicted octanol–water partition coefficient (Wildman–Crippen LogP) is 2.50. The largest absolute Gasteiger partial charge is 0.494 e. The lowest BCUT2D eigenvalue weighted by Gasteiger charge is -2.19. The minimum atomic E-state index is -0.889. The first-order valence-corrected chi connectivity index (χ1v) is 7.90. The summed E-state index contributed by atoms with van der Waals surface area (Å²) in [5.41, 5.74) is 0. The summed E-state index contributed by atoms with van der Waals surface area (Å²) in [6, 6.07) is 7.57. The molecule has 0 saturated heterocycles. The lowest BCUT2D eigenvalue weighted by atomic mass is 10.3. The Morgan fingerprint density at radius 1 is 1.24 bits per heavy atom. The average Bonchev–Trinajstić information content (AvgIpc) is 2.47. The van der Waals surface area contributed by atoms with Crippen molar-refractivity contribution in [2.75, 3.05) is 25.4 Å². The van der Waals surface area contributed by atoms with E-state index in [1.54, 1.807) is 4.90 Å². The number of hydrogen-bond acceptors (Lipinski definition) is 4. The van der Waals surface area contributed by atoms with Crippen LogP contribution in [0.15, 0.2) is 29.2 Å². The van der Waals surface area contributed by atoms with Crippen LogP contribution in [-0.4, -0.2) is 47.3 Å². The van der Waals surface area contributed by atoms with Crippen molar-refractivity contribution in [3.63, 3.8) is 0 Å². The second kappa shape index (κ2) is 9.28. The van der Waals surface area contributed by atoms with Gasteiger partial charge >= 0.3 is 5.97 Å². The number of carbonyl (C=O) groups is 2. The SMILES string of the molecule is CCOc1ccc(SCC(=O)N(CC)CCC(=O)O)cc1. The number of benzene rings is 1. The van der Waals surface area contributed by atoms with Gasteiger partial charge in [-0.25, -0.2) is 0 Å². The van der Waals surface area contributed by atoms with Crippen molar-refractivity contribution in [1.29, 1.82) is 0 Å². The van der Waals surface area contributed by atoms with E-state index in [0.717, 1.165) is 10.6 Å². The summed E-state index contributed by atoms with van der Waals surface area (Å²) in [6.07, 6.45) is -0.0205. The number of amides is 1. The third-order valence-electron chi connectivity index (χ3n) is 2.83. The molecule has 0 unspecified atom stereocenters. The van der Waals surface area contributed by atoms with E-state index in [2.05, 4.69) is 0 Å². The number of ether oxygens (including phenoxy) is 1. The highest BCUT2D eigenvalue weighted by Crippen LogP contribution is 2.21. The summed E-state index contributed by atoms with van der Waals surface area (Å²) >= 11 is 1.44. The van der Waals surface area contributed by atoms with Gasteiger partial charge in [0.25, 0.3) is 0 Å². The Kier molecular flexibility index (Phi) is 7.68. The third-order valence-corrected chi connectivity index (χ3v) is 3.82. The first-order chi connectivity index (χ1) is 10.1. The van der Waals surface area contributed by atoms with Crippen molar-refractivity contribution in [2.24, 2.45) is 0 Å². The molecule has 0 radical (unpaired) electrons. The van der Waals surface area contributed by atoms with Gasteiger partial charge in [-0.1, -0.05) is 0 Å². The summed E-state index contributed by atoms with van der Waals surface area (Å²) < 4.78 is 5.36. The molecule has 0 aliphatic carbocycles. The van der Waals surface area contributed by atoms with Gasteiger partial charge in [-0.3, -0.25) is 9.59 Å². The fraction of sp³-hybridized carbons (Fsp3) is 0.467. The molecule has 0 heterocycles. The van der Waals surface area contributed by atoms with Crippen LogP contribution in [0.5, 0.6) is 5.75 Å². The number of aliphatic carboxylic acids is 1. The molecular weight excluding hydrogens is 290 g/mol. The van der Waals surface area contributed by atoms with Crippen molar-refractivity contribution < 1.29 is 19.4 Å². The van der Waals surface area contributed by atoms with Crippen molar-refractivity contribution >= 4 is 23.6 Å². The molecule has 1 rings (SSSR count). The van der Waals surface area contributed by atoms with E-state index >= 15 is 0 Å². The molecule has 1 aromatic carbocycles. The molecule has 116 valence electrons. The second-order valence-electron chi connectivity index (χ2n) is 4.31. The van der Waals surface area contributed by atoms with Crippen molar-refractivity contribution in [1.82, 2.24) is 4.90 Å². The first kappa shape index (κ1) is 17.4. The molecule has 0 aliphatic heterocycles. The van der Waals surface area contributed by atoms with E-state index < -0.39 is 5.97 Å². The monoisotopic (exact) mass is 311 g/mol. The minimum Gasteiger partial charge on any atom is -0.494 e. The number of rotatable bonds is 9. The number of nitrogens with zero attached hydrogens (tertiary/aromatic N) is 1. The maximum atomic E-state index is 12.0. The Morgan fingerprint density at radius 3 is 2.43 bits per heavy atom. The van der Waals surface area contributed by atoms with Gasteiger partial charge in [0, 0.05) is 18.0 Å². The zero-order valence-corrected chi connectivity index (χ0v) is 13.2. The molecule has 1 amide bonds. The second-order valence-corrected chi connectivity index (χ2v) is 5.36. The van der Waals surface area contributed by atoms with Gasteiger partial charge in [0.1, 0.15) is 5.75 Å². The van der Waals surface area contributed by atoms with Gasteiger partial charge < -0.3 is 14.7 Å². The molecule has 0 atom stereocenters. The van der Waals surface area contributed by atoms with Crippen LogP contribution >= 0.6 is 11.8 Å². The molecule has 0 spiro atoms. The lowest BCUT2D eigenvalue weighted by Crippen LogP contribution is -2.34. The van der Waals surface area contributed by atoms with Crippen LogP contribution in [0.4, 0.5) is 0 Å². The summed E-state index contributed by atoms with van der Waals surface area (Å²) in [4.78, 5) is 25.1. The van der Waals surface area contributed by atoms with Gasteiger partial charge in [0.05, 0.1) is 18.8 Å². The van der Waals surface area contributed by atoms with Crippen LogP contribution in [0, 0.1) is 0 Å². The molecule has 0 bridgehead atoms. The Balaban J connectivity index is 2.44. The van der Waals surface area contributed by atoms with Gasteiger partial charge in [0.15, 0.2) is 0 Å². The first-order valence-electron chi connectivity index (χ1n) is 6.92. The van der Waals surface area contributed by atoms with E-state index in [1.165, 1.54) is 11.8 Å². The zero-order valence-electron chi connectivity index (χ0n) is 12.4.